The maximum Gasteiger partial charge on any atom is 0.229 e. The Bertz CT molecular complexity index is 1150. The van der Waals surface area contributed by atoms with Crippen LogP contribution in [0.2, 0.25) is 0 Å². The fourth-order valence-corrected chi connectivity index (χ4v) is 4.79. The van der Waals surface area contributed by atoms with E-state index >= 15 is 0 Å². The van der Waals surface area contributed by atoms with Crippen molar-refractivity contribution < 1.29 is 10.2 Å². The molecule has 180 valence electrons. The van der Waals surface area contributed by atoms with Crippen molar-refractivity contribution in [3.8, 4) is 0 Å². The Kier molecular flexibility index (Phi) is 6.85. The highest BCUT2D eigenvalue weighted by Crippen LogP contribution is 2.29. The lowest BCUT2D eigenvalue weighted by Crippen LogP contribution is -2.32. The highest BCUT2D eigenvalue weighted by atomic mass is 16.3. The molecule has 2 aliphatic rings. The first kappa shape index (κ1) is 22.9. The first-order valence-corrected chi connectivity index (χ1v) is 12.3. The van der Waals surface area contributed by atoms with Crippen LogP contribution in [-0.2, 0) is 13.0 Å². The van der Waals surface area contributed by atoms with Crippen LogP contribution >= 0.6 is 0 Å². The number of pyridine rings is 2. The standard InChI is InChI=1S/C25H33N7O2/c1-17(34)21-14-19-15-26-25(30-23(19)24(28-21)32-10-3-2-4-11-32)29-22-7-6-18-16-31(9-5-13-33)12-8-20(18)27-22/h6-7,14-15,17,33-34H,2-5,8-13,16H2,1H3,(H,26,27,29,30)/t17-/m1/s1. The first-order chi connectivity index (χ1) is 16.6. The maximum atomic E-state index is 10.2. The molecule has 3 N–H and O–H groups in total. The quantitative estimate of drug-likeness (QED) is 0.487. The van der Waals surface area contributed by atoms with Gasteiger partial charge in [0.2, 0.25) is 5.95 Å². The van der Waals surface area contributed by atoms with Crippen molar-refractivity contribution in [3.05, 3.63) is 41.3 Å². The molecule has 1 fully saturated rings. The molecule has 0 spiro atoms. The molecule has 34 heavy (non-hydrogen) atoms. The summed E-state index contributed by atoms with van der Waals surface area (Å²) in [5, 5.41) is 23.4. The summed E-state index contributed by atoms with van der Waals surface area (Å²) in [7, 11) is 0. The smallest absolute Gasteiger partial charge is 0.229 e. The summed E-state index contributed by atoms with van der Waals surface area (Å²) in [6.07, 6.45) is 6.33. The lowest BCUT2D eigenvalue weighted by Gasteiger charge is -2.29. The predicted octanol–water partition coefficient (Wildman–Crippen LogP) is 2.95. The Morgan fingerprint density at radius 3 is 2.74 bits per heavy atom. The molecule has 9 nitrogen and oxygen atoms in total. The van der Waals surface area contributed by atoms with E-state index in [1.54, 1.807) is 13.1 Å². The SMILES string of the molecule is C[C@@H](O)c1cc2cnc(Nc3ccc4c(n3)CCN(CCCO)C4)nc2c(N2CCCCC2)n1. The van der Waals surface area contributed by atoms with E-state index in [1.807, 2.05) is 12.1 Å². The van der Waals surface area contributed by atoms with Crippen molar-refractivity contribution >= 4 is 28.5 Å². The van der Waals surface area contributed by atoms with Gasteiger partial charge in [0.15, 0.2) is 5.82 Å². The van der Waals surface area contributed by atoms with Crippen LogP contribution in [0.15, 0.2) is 24.4 Å². The minimum atomic E-state index is -0.648. The maximum absolute atomic E-state index is 10.2. The van der Waals surface area contributed by atoms with E-state index in [-0.39, 0.29) is 6.61 Å². The van der Waals surface area contributed by atoms with Crippen molar-refractivity contribution in [2.45, 2.75) is 51.7 Å². The van der Waals surface area contributed by atoms with E-state index in [4.69, 9.17) is 20.1 Å². The minimum absolute atomic E-state index is 0.228. The second-order valence-electron chi connectivity index (χ2n) is 9.26. The van der Waals surface area contributed by atoms with Crippen molar-refractivity contribution in [1.29, 1.82) is 0 Å². The number of aromatic nitrogens is 4. The van der Waals surface area contributed by atoms with Crippen LogP contribution < -0.4 is 10.2 Å². The summed E-state index contributed by atoms with van der Waals surface area (Å²) in [5.41, 5.74) is 3.77. The molecular formula is C25H33N7O2. The van der Waals surface area contributed by atoms with Gasteiger partial charge in [0, 0.05) is 63.0 Å². The van der Waals surface area contributed by atoms with Crippen molar-refractivity contribution in [2.24, 2.45) is 0 Å². The van der Waals surface area contributed by atoms with Gasteiger partial charge in [0.1, 0.15) is 11.3 Å². The largest absolute Gasteiger partial charge is 0.396 e. The topological polar surface area (TPSA) is 111 Å². The molecule has 0 bridgehead atoms. The van der Waals surface area contributed by atoms with Gasteiger partial charge in [0.25, 0.3) is 0 Å². The number of nitrogens with one attached hydrogen (secondary N) is 1. The Morgan fingerprint density at radius 2 is 1.94 bits per heavy atom. The highest BCUT2D eigenvalue weighted by Gasteiger charge is 2.20. The lowest BCUT2D eigenvalue weighted by atomic mass is 10.1. The molecule has 5 heterocycles. The number of hydrogen-bond donors (Lipinski definition) is 3. The average Bonchev–Trinajstić information content (AvgIpc) is 2.87. The summed E-state index contributed by atoms with van der Waals surface area (Å²) in [5.74, 6) is 2.04. The molecule has 0 unspecified atom stereocenters. The number of piperidine rings is 1. The number of fused-ring (bicyclic) bond motifs is 2. The zero-order chi connectivity index (χ0) is 23.5. The van der Waals surface area contributed by atoms with Gasteiger partial charge >= 0.3 is 0 Å². The minimum Gasteiger partial charge on any atom is -0.396 e. The summed E-state index contributed by atoms with van der Waals surface area (Å²) in [6, 6.07) is 5.96. The Morgan fingerprint density at radius 1 is 1.09 bits per heavy atom. The van der Waals surface area contributed by atoms with Crippen LogP contribution in [0.5, 0.6) is 0 Å². The first-order valence-electron chi connectivity index (χ1n) is 12.3. The fraction of sp³-hybridized carbons (Fsp3) is 0.520. The Balaban J connectivity index is 1.41. The van der Waals surface area contributed by atoms with Crippen LogP contribution in [0.4, 0.5) is 17.6 Å². The molecule has 1 saturated heterocycles. The summed E-state index contributed by atoms with van der Waals surface area (Å²) in [6.45, 7) is 6.58. The average molecular weight is 464 g/mol. The van der Waals surface area contributed by atoms with E-state index in [1.165, 1.54) is 12.0 Å². The molecule has 0 amide bonds. The molecule has 0 aromatic carbocycles. The fourth-order valence-electron chi connectivity index (χ4n) is 4.79. The second-order valence-corrected chi connectivity index (χ2v) is 9.26. The Labute approximate surface area is 199 Å². The molecule has 1 atom stereocenters. The number of anilines is 3. The van der Waals surface area contributed by atoms with Crippen LogP contribution in [0.25, 0.3) is 10.9 Å². The van der Waals surface area contributed by atoms with Crippen LogP contribution in [0.3, 0.4) is 0 Å². The molecule has 0 aliphatic carbocycles. The van der Waals surface area contributed by atoms with Crippen molar-refractivity contribution in [2.75, 3.05) is 43.0 Å². The zero-order valence-corrected chi connectivity index (χ0v) is 19.7. The Hall–Kier alpha value is -2.88. The summed E-state index contributed by atoms with van der Waals surface area (Å²) >= 11 is 0. The van der Waals surface area contributed by atoms with Gasteiger partial charge in [-0.2, -0.15) is 0 Å². The number of aliphatic hydroxyl groups is 2. The number of rotatable bonds is 7. The van der Waals surface area contributed by atoms with Crippen LogP contribution in [0.1, 0.15) is 55.7 Å². The number of nitrogens with zero attached hydrogens (tertiary/aromatic N) is 6. The highest BCUT2D eigenvalue weighted by molar-refractivity contribution is 5.89. The third-order valence-corrected chi connectivity index (χ3v) is 6.65. The number of aliphatic hydroxyl groups excluding tert-OH is 2. The summed E-state index contributed by atoms with van der Waals surface area (Å²) in [4.78, 5) is 23.6. The van der Waals surface area contributed by atoms with Gasteiger partial charge in [-0.3, -0.25) is 4.90 Å². The second kappa shape index (κ2) is 10.2. The normalized spacial score (nSPS) is 17.6. The molecule has 0 radical (unpaired) electrons. The monoisotopic (exact) mass is 463 g/mol. The van der Waals surface area contributed by atoms with Gasteiger partial charge in [-0.25, -0.2) is 19.9 Å². The summed E-state index contributed by atoms with van der Waals surface area (Å²) < 4.78 is 0. The third-order valence-electron chi connectivity index (χ3n) is 6.65. The third kappa shape index (κ3) is 4.96. The molecule has 9 heteroatoms. The van der Waals surface area contributed by atoms with E-state index < -0.39 is 6.10 Å². The molecule has 3 aromatic rings. The van der Waals surface area contributed by atoms with Gasteiger partial charge in [-0.1, -0.05) is 6.07 Å². The van der Waals surface area contributed by atoms with Gasteiger partial charge in [0.05, 0.1) is 11.8 Å². The molecule has 2 aliphatic heterocycles. The zero-order valence-electron chi connectivity index (χ0n) is 19.7. The van der Waals surface area contributed by atoms with Crippen LogP contribution in [-0.4, -0.2) is 67.8 Å². The van der Waals surface area contributed by atoms with Gasteiger partial charge in [-0.15, -0.1) is 0 Å². The van der Waals surface area contributed by atoms with E-state index in [0.717, 1.165) is 86.6 Å². The molecule has 5 rings (SSSR count). The predicted molar refractivity (Wildman–Crippen MR) is 132 cm³/mol. The molecule has 0 saturated carbocycles. The van der Waals surface area contributed by atoms with Gasteiger partial charge in [-0.05, 0) is 50.3 Å². The lowest BCUT2D eigenvalue weighted by molar-refractivity contribution is 0.194. The van der Waals surface area contributed by atoms with Crippen LogP contribution in [0, 0.1) is 0 Å². The van der Waals surface area contributed by atoms with Gasteiger partial charge < -0.3 is 20.4 Å². The number of hydrogen-bond acceptors (Lipinski definition) is 9. The van der Waals surface area contributed by atoms with E-state index in [0.29, 0.717) is 11.6 Å². The van der Waals surface area contributed by atoms with E-state index in [2.05, 4.69) is 26.2 Å². The molecule has 3 aromatic heterocycles. The van der Waals surface area contributed by atoms with Crippen molar-refractivity contribution in [3.63, 3.8) is 0 Å². The molecular weight excluding hydrogens is 430 g/mol. The van der Waals surface area contributed by atoms with Crippen molar-refractivity contribution in [1.82, 2.24) is 24.8 Å². The van der Waals surface area contributed by atoms with E-state index in [9.17, 15) is 5.11 Å².